The Morgan fingerprint density at radius 1 is 1.07 bits per heavy atom. The fraction of sp³-hybridized carbons (Fsp3) is 0.364. The number of carboxylic acids is 1. The molecule has 0 unspecified atom stereocenters. The van der Waals surface area contributed by atoms with Gasteiger partial charge in [-0.05, 0) is 49.3 Å². The molecule has 29 heavy (non-hydrogen) atoms. The van der Waals surface area contributed by atoms with Crippen molar-refractivity contribution in [3.05, 3.63) is 70.8 Å². The van der Waals surface area contributed by atoms with Crippen LogP contribution in [0.5, 0.6) is 0 Å². The highest BCUT2D eigenvalue weighted by Crippen LogP contribution is 2.26. The number of aromatic carboxylic acids is 1. The molecular weight excluding hydrogens is 369 g/mol. The Labute approximate surface area is 170 Å². The highest BCUT2D eigenvalue weighted by Gasteiger charge is 2.32. The maximum Gasteiger partial charge on any atom is 0.376 e. The van der Waals surface area contributed by atoms with E-state index >= 15 is 0 Å². The molecular formula is C22H26BNO5. The Morgan fingerprint density at radius 3 is 2.14 bits per heavy atom. The first kappa shape index (κ1) is 21.2. The van der Waals surface area contributed by atoms with Crippen LogP contribution in [0.2, 0.25) is 6.82 Å². The van der Waals surface area contributed by atoms with Gasteiger partial charge in [0.1, 0.15) is 0 Å². The molecule has 0 saturated carbocycles. The number of nitrogens with zero attached hydrogens (tertiary/aromatic N) is 1. The lowest BCUT2D eigenvalue weighted by molar-refractivity contribution is 0.0696. The molecule has 1 aliphatic rings. The lowest BCUT2D eigenvalue weighted by atomic mass is 9.81. The maximum absolute atomic E-state index is 12.3. The summed E-state index contributed by atoms with van der Waals surface area (Å²) in [6.07, 6.45) is 1.37. The second-order valence-corrected chi connectivity index (χ2v) is 7.66. The summed E-state index contributed by atoms with van der Waals surface area (Å²) in [5, 5.41) is 29.6. The summed E-state index contributed by atoms with van der Waals surface area (Å²) in [5.41, 5.74) is 3.11. The Hall–Kier alpha value is -2.48. The number of carbonyl (C=O) groups is 2. The van der Waals surface area contributed by atoms with Crippen LogP contribution in [0.1, 0.15) is 44.7 Å². The first-order valence-corrected chi connectivity index (χ1v) is 9.90. The molecule has 7 heteroatoms. The molecule has 0 saturated heterocycles. The number of hydrogen-bond donors (Lipinski definition) is 3. The normalized spacial score (nSPS) is 14.6. The van der Waals surface area contributed by atoms with E-state index in [9.17, 15) is 19.7 Å². The van der Waals surface area contributed by atoms with Crippen molar-refractivity contribution in [1.82, 2.24) is 4.81 Å². The number of hydrogen-bond acceptors (Lipinski definition) is 5. The third-order valence-electron chi connectivity index (χ3n) is 5.56. The number of fused-ring (bicyclic) bond motifs is 1. The van der Waals surface area contributed by atoms with E-state index < -0.39 is 19.1 Å². The zero-order valence-electron chi connectivity index (χ0n) is 16.5. The monoisotopic (exact) mass is 395 g/mol. The molecule has 6 nitrogen and oxygen atoms in total. The molecule has 2 aromatic rings. The molecule has 1 atom stereocenters. The quantitative estimate of drug-likeness (QED) is 0.445. The average molecular weight is 395 g/mol. The summed E-state index contributed by atoms with van der Waals surface area (Å²) in [4.78, 5) is 25.1. The van der Waals surface area contributed by atoms with Gasteiger partial charge in [0.25, 0.3) is 0 Å². The van der Waals surface area contributed by atoms with Gasteiger partial charge in [-0.2, -0.15) is 0 Å². The number of carboxylic acid groups (broad SMARTS) is 1. The zero-order valence-corrected chi connectivity index (χ0v) is 16.5. The van der Waals surface area contributed by atoms with Gasteiger partial charge in [0.15, 0.2) is 5.78 Å². The molecule has 0 spiro atoms. The summed E-state index contributed by atoms with van der Waals surface area (Å²) in [7, 11) is -0.691. The van der Waals surface area contributed by atoms with E-state index in [0.29, 0.717) is 12.1 Å². The van der Waals surface area contributed by atoms with E-state index in [4.69, 9.17) is 5.11 Å². The summed E-state index contributed by atoms with van der Waals surface area (Å²) >= 11 is 0. The third kappa shape index (κ3) is 5.32. The first-order valence-electron chi connectivity index (χ1n) is 9.90. The fourth-order valence-electron chi connectivity index (χ4n) is 3.95. The second kappa shape index (κ2) is 9.35. The Kier molecular flexibility index (Phi) is 6.85. The number of carbonyl (C=O) groups excluding carboxylic acids is 1. The summed E-state index contributed by atoms with van der Waals surface area (Å²) in [5.74, 6) is -1.18. The van der Waals surface area contributed by atoms with Crippen LogP contribution in [0.25, 0.3) is 0 Å². The fourth-order valence-corrected chi connectivity index (χ4v) is 3.95. The van der Waals surface area contributed by atoms with Gasteiger partial charge in [-0.1, -0.05) is 36.4 Å². The van der Waals surface area contributed by atoms with E-state index in [2.05, 4.69) is 12.1 Å². The molecule has 0 amide bonds. The molecule has 0 radical (unpaired) electrons. The molecule has 3 rings (SSSR count). The number of aliphatic hydroxyl groups is 1. The van der Waals surface area contributed by atoms with E-state index in [-0.39, 0.29) is 30.2 Å². The molecule has 1 aliphatic carbocycles. The van der Waals surface area contributed by atoms with Crippen LogP contribution in [0.15, 0.2) is 48.5 Å². The third-order valence-corrected chi connectivity index (χ3v) is 5.56. The van der Waals surface area contributed by atoms with Crippen molar-refractivity contribution in [2.75, 3.05) is 6.54 Å². The number of benzene rings is 2. The lowest BCUT2D eigenvalue weighted by Gasteiger charge is -2.31. The largest absolute Gasteiger partial charge is 0.478 e. The number of Topliss-reactive ketones (excluding diaryl/α,β-unsaturated/α-hetero) is 1. The Balaban J connectivity index is 1.53. The van der Waals surface area contributed by atoms with Crippen molar-refractivity contribution in [3.8, 4) is 0 Å². The van der Waals surface area contributed by atoms with Crippen molar-refractivity contribution >= 4 is 18.8 Å². The van der Waals surface area contributed by atoms with Crippen LogP contribution >= 0.6 is 0 Å². The highest BCUT2D eigenvalue weighted by atomic mass is 16.4. The van der Waals surface area contributed by atoms with Crippen LogP contribution in [0.4, 0.5) is 0 Å². The topological polar surface area (TPSA) is 98.1 Å². The number of ketones is 1. The number of aliphatic hydroxyl groups excluding tert-OH is 1. The van der Waals surface area contributed by atoms with Crippen molar-refractivity contribution in [2.24, 2.45) is 0 Å². The molecule has 152 valence electrons. The second-order valence-electron chi connectivity index (χ2n) is 7.66. The van der Waals surface area contributed by atoms with Crippen LogP contribution in [-0.2, 0) is 12.8 Å². The van der Waals surface area contributed by atoms with Gasteiger partial charge in [-0.3, -0.25) is 4.79 Å². The van der Waals surface area contributed by atoms with Gasteiger partial charge in [0.2, 0.25) is 0 Å². The predicted octanol–water partition coefficient (Wildman–Crippen LogP) is 2.29. The maximum atomic E-state index is 12.3. The predicted molar refractivity (Wildman–Crippen MR) is 111 cm³/mol. The SMILES string of the molecule is CB(O)N(C[C@H](O)CCC(=O)c1ccc(C(=O)O)cc1)C1Cc2ccccc2C1. The molecule has 0 fully saturated rings. The smallest absolute Gasteiger partial charge is 0.376 e. The molecule has 0 heterocycles. The molecule has 0 aromatic heterocycles. The molecule has 2 aromatic carbocycles. The Morgan fingerprint density at radius 2 is 1.62 bits per heavy atom. The van der Waals surface area contributed by atoms with Crippen molar-refractivity contribution in [2.45, 2.75) is 44.7 Å². The first-order chi connectivity index (χ1) is 13.8. The van der Waals surface area contributed by atoms with E-state index in [1.165, 1.54) is 35.4 Å². The van der Waals surface area contributed by atoms with Gasteiger partial charge in [-0.15, -0.1) is 0 Å². The van der Waals surface area contributed by atoms with Gasteiger partial charge in [0, 0.05) is 24.6 Å². The van der Waals surface area contributed by atoms with Crippen LogP contribution in [0.3, 0.4) is 0 Å². The summed E-state index contributed by atoms with van der Waals surface area (Å²) < 4.78 is 0. The lowest BCUT2D eigenvalue weighted by Crippen LogP contribution is -2.49. The Bertz CT molecular complexity index is 843. The van der Waals surface area contributed by atoms with Crippen LogP contribution in [0, 0.1) is 0 Å². The minimum absolute atomic E-state index is 0.126. The van der Waals surface area contributed by atoms with E-state index in [1.807, 2.05) is 16.9 Å². The summed E-state index contributed by atoms with van der Waals surface area (Å²) in [6.45, 7) is 1.99. The minimum Gasteiger partial charge on any atom is -0.478 e. The van der Waals surface area contributed by atoms with Gasteiger partial charge >= 0.3 is 13.0 Å². The van der Waals surface area contributed by atoms with Gasteiger partial charge < -0.3 is 20.0 Å². The van der Waals surface area contributed by atoms with Crippen molar-refractivity contribution < 1.29 is 24.8 Å². The highest BCUT2D eigenvalue weighted by molar-refractivity contribution is 6.45. The molecule has 0 aliphatic heterocycles. The average Bonchev–Trinajstić information content (AvgIpc) is 3.13. The minimum atomic E-state index is -1.04. The van der Waals surface area contributed by atoms with Crippen LogP contribution < -0.4 is 0 Å². The molecule has 3 N–H and O–H groups in total. The summed E-state index contributed by atoms with van der Waals surface area (Å²) in [6, 6.07) is 14.1. The van der Waals surface area contributed by atoms with Gasteiger partial charge in [0.05, 0.1) is 11.7 Å². The standard InChI is InChI=1S/C22H26BNO5/c1-23(29)24(19-12-17-4-2-3-5-18(17)13-19)14-20(25)10-11-21(26)15-6-8-16(9-7-15)22(27)28/h2-9,19-20,25,29H,10-14H2,1H3,(H,27,28)/t20-/m1/s1. The van der Waals surface area contributed by atoms with Crippen molar-refractivity contribution in [1.29, 1.82) is 0 Å². The van der Waals surface area contributed by atoms with E-state index in [0.717, 1.165) is 12.8 Å². The molecule has 0 bridgehead atoms. The van der Waals surface area contributed by atoms with Gasteiger partial charge in [-0.25, -0.2) is 4.79 Å². The number of rotatable bonds is 9. The van der Waals surface area contributed by atoms with Crippen LogP contribution in [-0.4, -0.2) is 57.5 Å². The van der Waals surface area contributed by atoms with Crippen molar-refractivity contribution in [3.63, 3.8) is 0 Å². The van der Waals surface area contributed by atoms with E-state index in [1.54, 1.807) is 6.82 Å². The zero-order chi connectivity index (χ0) is 21.0.